The van der Waals surface area contributed by atoms with Gasteiger partial charge in [-0.1, -0.05) is 46.3 Å². The summed E-state index contributed by atoms with van der Waals surface area (Å²) < 4.78 is 1.03. The number of benzene rings is 2. The van der Waals surface area contributed by atoms with E-state index in [1.165, 1.54) is 31.5 Å². The van der Waals surface area contributed by atoms with Crippen LogP contribution in [0, 0.1) is 0 Å². The first kappa shape index (κ1) is 19.9. The van der Waals surface area contributed by atoms with E-state index >= 15 is 0 Å². The van der Waals surface area contributed by atoms with Crippen LogP contribution in [-0.2, 0) is 13.1 Å². The summed E-state index contributed by atoms with van der Waals surface area (Å²) in [7, 11) is 0. The van der Waals surface area contributed by atoms with Gasteiger partial charge in [0.05, 0.1) is 0 Å². The summed E-state index contributed by atoms with van der Waals surface area (Å²) in [5.41, 5.74) is 2.43. The molecule has 2 aliphatic rings. The Bertz CT molecular complexity index is 754. The molecule has 2 heterocycles. The zero-order chi connectivity index (χ0) is 19.3. The summed E-state index contributed by atoms with van der Waals surface area (Å²) in [6, 6.07) is 17.2. The number of nitrogens with zero attached hydrogens (tertiary/aromatic N) is 3. The largest absolute Gasteiger partial charge is 0.508 e. The highest BCUT2D eigenvalue weighted by Gasteiger charge is 2.27. The third-order valence-electron chi connectivity index (χ3n) is 6.16. The summed E-state index contributed by atoms with van der Waals surface area (Å²) in [6.45, 7) is 8.74. The Morgan fingerprint density at radius 1 is 0.821 bits per heavy atom. The minimum atomic E-state index is 0.399. The summed E-state index contributed by atoms with van der Waals surface area (Å²) in [4.78, 5) is 7.75. The molecule has 28 heavy (non-hydrogen) atoms. The van der Waals surface area contributed by atoms with Crippen molar-refractivity contribution in [1.82, 2.24) is 14.7 Å². The second-order valence-corrected chi connectivity index (χ2v) is 8.99. The van der Waals surface area contributed by atoms with Crippen molar-refractivity contribution in [2.45, 2.75) is 32.0 Å². The van der Waals surface area contributed by atoms with Crippen molar-refractivity contribution in [2.75, 3.05) is 39.3 Å². The number of aromatic hydroxyl groups is 1. The number of halogens is 1. The first-order valence-electron chi connectivity index (χ1n) is 10.4. The summed E-state index contributed by atoms with van der Waals surface area (Å²) >= 11 is 3.51. The predicted octanol–water partition coefficient (Wildman–Crippen LogP) is 3.94. The molecule has 2 aliphatic heterocycles. The van der Waals surface area contributed by atoms with E-state index in [4.69, 9.17) is 0 Å². The Morgan fingerprint density at radius 2 is 1.50 bits per heavy atom. The fraction of sp³-hybridized carbons (Fsp3) is 0.478. The molecule has 0 unspecified atom stereocenters. The lowest BCUT2D eigenvalue weighted by atomic mass is 10.0. The number of phenols is 1. The Kier molecular flexibility index (Phi) is 6.68. The molecule has 2 saturated heterocycles. The van der Waals surface area contributed by atoms with Gasteiger partial charge in [-0.3, -0.25) is 14.7 Å². The van der Waals surface area contributed by atoms with Gasteiger partial charge >= 0.3 is 0 Å². The molecule has 0 bridgehead atoms. The van der Waals surface area contributed by atoms with Crippen molar-refractivity contribution in [3.8, 4) is 5.75 Å². The zero-order valence-corrected chi connectivity index (χ0v) is 18.0. The van der Waals surface area contributed by atoms with Crippen LogP contribution in [0.2, 0.25) is 0 Å². The average Bonchev–Trinajstić information content (AvgIpc) is 2.73. The van der Waals surface area contributed by atoms with Gasteiger partial charge in [0.1, 0.15) is 5.75 Å². The van der Waals surface area contributed by atoms with Crippen LogP contribution in [0.1, 0.15) is 24.0 Å². The van der Waals surface area contributed by atoms with Crippen molar-refractivity contribution < 1.29 is 5.11 Å². The molecule has 2 aromatic rings. The molecule has 0 radical (unpaired) electrons. The molecule has 0 aromatic heterocycles. The monoisotopic (exact) mass is 443 g/mol. The third kappa shape index (κ3) is 5.15. The molecule has 150 valence electrons. The van der Waals surface area contributed by atoms with E-state index in [9.17, 15) is 5.11 Å². The smallest absolute Gasteiger partial charge is 0.120 e. The van der Waals surface area contributed by atoms with Crippen LogP contribution in [0.3, 0.4) is 0 Å². The maximum Gasteiger partial charge on any atom is 0.120 e. The number of hydrogen-bond donors (Lipinski definition) is 1. The van der Waals surface area contributed by atoms with Crippen molar-refractivity contribution in [3.63, 3.8) is 0 Å². The van der Waals surface area contributed by atoms with E-state index in [1.807, 2.05) is 12.1 Å². The van der Waals surface area contributed by atoms with Crippen LogP contribution in [0.15, 0.2) is 53.0 Å². The van der Waals surface area contributed by atoms with Crippen molar-refractivity contribution in [2.24, 2.45) is 0 Å². The fourth-order valence-corrected chi connectivity index (χ4v) is 4.90. The SMILES string of the molecule is Oc1ccc(Br)cc1CN1CCN(C2CCN(Cc3ccccc3)CC2)CC1. The minimum Gasteiger partial charge on any atom is -0.508 e. The van der Waals surface area contributed by atoms with E-state index in [1.54, 1.807) is 6.07 Å². The van der Waals surface area contributed by atoms with Gasteiger partial charge in [-0.15, -0.1) is 0 Å². The van der Waals surface area contributed by atoms with Gasteiger partial charge in [0.2, 0.25) is 0 Å². The maximum absolute atomic E-state index is 10.1. The molecule has 0 saturated carbocycles. The van der Waals surface area contributed by atoms with Gasteiger partial charge in [0.25, 0.3) is 0 Å². The number of hydrogen-bond acceptors (Lipinski definition) is 4. The van der Waals surface area contributed by atoms with E-state index in [0.29, 0.717) is 5.75 Å². The van der Waals surface area contributed by atoms with Crippen LogP contribution in [0.25, 0.3) is 0 Å². The molecule has 1 N–H and O–H groups in total. The first-order chi connectivity index (χ1) is 13.7. The van der Waals surface area contributed by atoms with Crippen LogP contribution >= 0.6 is 15.9 Å². The van der Waals surface area contributed by atoms with E-state index < -0.39 is 0 Å². The van der Waals surface area contributed by atoms with Gasteiger partial charge < -0.3 is 5.11 Å². The lowest BCUT2D eigenvalue weighted by molar-refractivity contribution is 0.0548. The zero-order valence-electron chi connectivity index (χ0n) is 16.4. The molecule has 4 rings (SSSR count). The van der Waals surface area contributed by atoms with Gasteiger partial charge in [-0.05, 0) is 49.7 Å². The lowest BCUT2D eigenvalue weighted by Gasteiger charge is -2.43. The Hall–Kier alpha value is -1.40. The van der Waals surface area contributed by atoms with Gasteiger partial charge in [-0.25, -0.2) is 0 Å². The molecule has 2 fully saturated rings. The molecule has 0 amide bonds. The Balaban J connectivity index is 1.22. The summed E-state index contributed by atoms with van der Waals surface area (Å²) in [5, 5.41) is 10.1. The first-order valence-corrected chi connectivity index (χ1v) is 11.2. The maximum atomic E-state index is 10.1. The number of piperidine rings is 1. The minimum absolute atomic E-state index is 0.399. The number of likely N-dealkylation sites (tertiary alicyclic amines) is 1. The Labute approximate surface area is 176 Å². The normalized spacial score (nSPS) is 20.5. The van der Waals surface area contributed by atoms with E-state index in [2.05, 4.69) is 61.0 Å². The molecule has 0 aliphatic carbocycles. The molecule has 0 spiro atoms. The van der Waals surface area contributed by atoms with E-state index in [-0.39, 0.29) is 0 Å². The lowest BCUT2D eigenvalue weighted by Crippen LogP contribution is -2.52. The quantitative estimate of drug-likeness (QED) is 0.757. The average molecular weight is 444 g/mol. The summed E-state index contributed by atoms with van der Waals surface area (Å²) in [5.74, 6) is 0.399. The molecule has 5 heteroatoms. The number of phenolic OH excluding ortho intramolecular Hbond substituents is 1. The summed E-state index contributed by atoms with van der Waals surface area (Å²) in [6.07, 6.45) is 2.55. The fourth-order valence-electron chi connectivity index (χ4n) is 4.49. The van der Waals surface area contributed by atoms with Crippen molar-refractivity contribution in [3.05, 3.63) is 64.1 Å². The van der Waals surface area contributed by atoms with Crippen molar-refractivity contribution in [1.29, 1.82) is 0 Å². The molecular weight excluding hydrogens is 414 g/mol. The highest BCUT2D eigenvalue weighted by Crippen LogP contribution is 2.25. The van der Waals surface area contributed by atoms with Crippen LogP contribution in [0.4, 0.5) is 0 Å². The Morgan fingerprint density at radius 3 is 2.21 bits per heavy atom. The highest BCUT2D eigenvalue weighted by atomic mass is 79.9. The van der Waals surface area contributed by atoms with E-state index in [0.717, 1.165) is 55.3 Å². The van der Waals surface area contributed by atoms with Crippen LogP contribution in [-0.4, -0.2) is 65.1 Å². The third-order valence-corrected chi connectivity index (χ3v) is 6.66. The molecule has 2 aromatic carbocycles. The van der Waals surface area contributed by atoms with Gasteiger partial charge in [-0.2, -0.15) is 0 Å². The standard InChI is InChI=1S/C23H30BrN3O/c24-21-6-7-23(28)20(16-21)18-26-12-14-27(15-13-26)22-8-10-25(11-9-22)17-19-4-2-1-3-5-19/h1-7,16,22,28H,8-15,17-18H2. The van der Waals surface area contributed by atoms with Crippen molar-refractivity contribution >= 4 is 15.9 Å². The predicted molar refractivity (Wildman–Crippen MR) is 117 cm³/mol. The molecular formula is C23H30BrN3O. The molecule has 4 nitrogen and oxygen atoms in total. The second-order valence-electron chi connectivity index (χ2n) is 8.08. The van der Waals surface area contributed by atoms with Gasteiger partial charge in [0.15, 0.2) is 0 Å². The number of rotatable bonds is 5. The number of piperazine rings is 1. The highest BCUT2D eigenvalue weighted by molar-refractivity contribution is 9.10. The van der Waals surface area contributed by atoms with Gasteiger partial charge in [0, 0.05) is 55.3 Å². The van der Waals surface area contributed by atoms with Crippen LogP contribution < -0.4 is 0 Å². The topological polar surface area (TPSA) is 30.0 Å². The molecule has 0 atom stereocenters. The van der Waals surface area contributed by atoms with Crippen LogP contribution in [0.5, 0.6) is 5.75 Å². The second kappa shape index (κ2) is 9.40.